The number of carbonyl (C=O) groups is 1. The lowest BCUT2D eigenvalue weighted by Gasteiger charge is -2.16. The van der Waals surface area contributed by atoms with Gasteiger partial charge < -0.3 is 19.6 Å². The molecule has 2 aromatic heterocycles. The largest absolute Gasteiger partial charge is 0.491 e. The Morgan fingerprint density at radius 2 is 1.90 bits per heavy atom. The van der Waals surface area contributed by atoms with Crippen molar-refractivity contribution in [3.8, 4) is 5.75 Å². The maximum Gasteiger partial charge on any atom is 0.145 e. The number of benzene rings is 1. The van der Waals surface area contributed by atoms with Gasteiger partial charge in [-0.3, -0.25) is 9.88 Å². The number of carbonyl (C=O) groups excluding carboxylic acids is 1. The molecule has 0 aliphatic heterocycles. The fraction of sp³-hybridized carbons (Fsp3) is 0.267. The molecule has 0 spiro atoms. The number of hydrogen-bond donors (Lipinski definition) is 1. The Hall–Kier alpha value is -3.85. The Labute approximate surface area is 236 Å². The first-order valence-electron chi connectivity index (χ1n) is 12.3. The predicted molar refractivity (Wildman–Crippen MR) is 161 cm³/mol. The average Bonchev–Trinajstić information content (AvgIpc) is 2.90. The molecule has 208 valence electrons. The van der Waals surface area contributed by atoms with Gasteiger partial charge in [0.15, 0.2) is 0 Å². The summed E-state index contributed by atoms with van der Waals surface area (Å²) >= 11 is 5.83. The summed E-state index contributed by atoms with van der Waals surface area (Å²) in [6.45, 7) is 17.6. The van der Waals surface area contributed by atoms with Crippen molar-refractivity contribution in [1.82, 2.24) is 19.9 Å². The minimum absolute atomic E-state index is 0.449. The topological polar surface area (TPSA) is 89.5 Å². The number of fused-ring (bicyclic) bond motifs is 1. The third-order valence-electron chi connectivity index (χ3n) is 4.70. The van der Waals surface area contributed by atoms with Gasteiger partial charge >= 0.3 is 0 Å². The van der Waals surface area contributed by atoms with Gasteiger partial charge in [-0.2, -0.15) is 0 Å². The number of halogens is 1. The molecule has 2 heterocycles. The van der Waals surface area contributed by atoms with Gasteiger partial charge in [-0.25, -0.2) is 9.97 Å². The smallest absolute Gasteiger partial charge is 0.145 e. The highest BCUT2D eigenvalue weighted by Gasteiger charge is 2.10. The number of aldehydes is 1. The SMILES string of the molecule is C=CCN(C)CCOc1cccc2ncnc(N/C(C)=C/C(=C)Cl)c12.C=CCOCc1ccccn1.CC=O. The van der Waals surface area contributed by atoms with E-state index < -0.39 is 0 Å². The summed E-state index contributed by atoms with van der Waals surface area (Å²) in [5.41, 5.74) is 2.60. The highest BCUT2D eigenvalue weighted by Crippen LogP contribution is 2.30. The number of anilines is 1. The lowest BCUT2D eigenvalue weighted by molar-refractivity contribution is -0.106. The molecular weight excluding hydrogens is 514 g/mol. The first-order valence-corrected chi connectivity index (χ1v) is 12.7. The van der Waals surface area contributed by atoms with E-state index in [2.05, 4.69) is 44.9 Å². The van der Waals surface area contributed by atoms with Gasteiger partial charge in [-0.15, -0.1) is 13.2 Å². The van der Waals surface area contributed by atoms with E-state index in [0.29, 0.717) is 30.7 Å². The molecule has 1 N–H and O–H groups in total. The standard InChI is InChI=1S/C19H23ClN4O.C9H11NO.C2H4O/c1-5-9-24(4)10-11-25-17-8-6-7-16-18(17)19(22-13-21-16)23-15(3)12-14(2)20;1-2-7-11-8-9-5-3-4-6-10-9;1-2-3/h5-8,12-13H,1-2,9-11H2,3-4H3,(H,21,22,23);2-6H,1,7-8H2;2H,1H3/b15-12+;;. The molecule has 0 unspecified atom stereocenters. The molecule has 0 fully saturated rings. The van der Waals surface area contributed by atoms with Crippen molar-refractivity contribution in [2.75, 3.05) is 38.7 Å². The number of allylic oxidation sites excluding steroid dienone is 3. The fourth-order valence-corrected chi connectivity index (χ4v) is 3.27. The van der Waals surface area contributed by atoms with Gasteiger partial charge in [0.05, 0.1) is 29.8 Å². The van der Waals surface area contributed by atoms with Crippen LogP contribution in [0.4, 0.5) is 5.82 Å². The number of ether oxygens (including phenoxy) is 2. The van der Waals surface area contributed by atoms with Gasteiger partial charge in [0.25, 0.3) is 0 Å². The summed E-state index contributed by atoms with van der Waals surface area (Å²) in [5, 5.41) is 4.52. The van der Waals surface area contributed by atoms with Crippen molar-refractivity contribution in [1.29, 1.82) is 0 Å². The fourth-order valence-electron chi connectivity index (χ4n) is 3.10. The number of pyridine rings is 1. The molecule has 8 nitrogen and oxygen atoms in total. The van der Waals surface area contributed by atoms with Gasteiger partial charge in [0, 0.05) is 30.0 Å². The highest BCUT2D eigenvalue weighted by atomic mass is 35.5. The summed E-state index contributed by atoms with van der Waals surface area (Å²) < 4.78 is 11.2. The van der Waals surface area contributed by atoms with Gasteiger partial charge in [-0.1, -0.05) is 42.5 Å². The summed E-state index contributed by atoms with van der Waals surface area (Å²) in [6.07, 6.45) is 9.36. The third-order valence-corrected chi connectivity index (χ3v) is 4.81. The minimum atomic E-state index is 0.449. The Morgan fingerprint density at radius 1 is 1.13 bits per heavy atom. The molecular formula is C30H38ClN5O3. The second kappa shape index (κ2) is 20.2. The molecule has 0 atom stereocenters. The van der Waals surface area contributed by atoms with Crippen LogP contribution in [0.3, 0.4) is 0 Å². The Kier molecular flexibility index (Phi) is 17.1. The van der Waals surface area contributed by atoms with Crippen molar-refractivity contribution < 1.29 is 14.3 Å². The summed E-state index contributed by atoms with van der Waals surface area (Å²) in [5.74, 6) is 1.41. The van der Waals surface area contributed by atoms with Gasteiger partial charge in [0.1, 0.15) is 30.8 Å². The number of nitrogens with zero attached hydrogens (tertiary/aromatic N) is 4. The highest BCUT2D eigenvalue weighted by molar-refractivity contribution is 6.30. The zero-order chi connectivity index (χ0) is 28.9. The molecule has 0 saturated heterocycles. The monoisotopic (exact) mass is 551 g/mol. The molecule has 1 aromatic carbocycles. The lowest BCUT2D eigenvalue weighted by Crippen LogP contribution is -2.24. The normalized spacial score (nSPS) is 10.4. The number of likely N-dealkylation sites (N-methyl/N-ethyl adjacent to an activating group) is 1. The van der Waals surface area contributed by atoms with Crippen molar-refractivity contribution in [2.24, 2.45) is 0 Å². The van der Waals surface area contributed by atoms with Crippen LogP contribution in [0.25, 0.3) is 10.9 Å². The molecule has 9 heteroatoms. The Balaban J connectivity index is 0.000000450. The van der Waals surface area contributed by atoms with Crippen LogP contribution in [0, 0.1) is 0 Å². The van der Waals surface area contributed by atoms with Crippen LogP contribution in [0.1, 0.15) is 19.5 Å². The van der Waals surface area contributed by atoms with E-state index in [-0.39, 0.29) is 0 Å². The van der Waals surface area contributed by atoms with Crippen molar-refractivity contribution in [3.05, 3.63) is 103 Å². The molecule has 0 bridgehead atoms. The van der Waals surface area contributed by atoms with Crippen LogP contribution in [0.5, 0.6) is 5.75 Å². The predicted octanol–water partition coefficient (Wildman–Crippen LogP) is 6.18. The molecule has 0 amide bonds. The Morgan fingerprint density at radius 3 is 2.54 bits per heavy atom. The van der Waals surface area contributed by atoms with E-state index in [9.17, 15) is 0 Å². The number of nitrogens with one attached hydrogen (secondary N) is 1. The second-order valence-corrected chi connectivity index (χ2v) is 8.52. The first-order chi connectivity index (χ1) is 18.9. The molecule has 3 rings (SSSR count). The van der Waals surface area contributed by atoms with E-state index >= 15 is 0 Å². The van der Waals surface area contributed by atoms with Crippen LogP contribution in [-0.4, -0.2) is 59.5 Å². The zero-order valence-corrected chi connectivity index (χ0v) is 23.7. The molecule has 0 aliphatic carbocycles. The van der Waals surface area contributed by atoms with Crippen molar-refractivity contribution in [3.63, 3.8) is 0 Å². The van der Waals surface area contributed by atoms with Crippen molar-refractivity contribution >= 4 is 34.6 Å². The average molecular weight is 552 g/mol. The second-order valence-electron chi connectivity index (χ2n) is 8.03. The molecule has 39 heavy (non-hydrogen) atoms. The van der Waals surface area contributed by atoms with Crippen LogP contribution in [0.2, 0.25) is 0 Å². The summed E-state index contributed by atoms with van der Waals surface area (Å²) in [4.78, 5) is 23.7. The Bertz CT molecular complexity index is 1200. The number of hydrogen-bond acceptors (Lipinski definition) is 8. The molecule has 0 aliphatic rings. The summed E-state index contributed by atoms with van der Waals surface area (Å²) in [6, 6.07) is 11.5. The maximum atomic E-state index is 8.81. The quantitative estimate of drug-likeness (QED) is 0.116. The minimum Gasteiger partial charge on any atom is -0.491 e. The van der Waals surface area contributed by atoms with E-state index in [1.807, 2.05) is 56.4 Å². The van der Waals surface area contributed by atoms with Crippen LogP contribution >= 0.6 is 11.6 Å². The van der Waals surface area contributed by atoms with Gasteiger partial charge in [0.2, 0.25) is 0 Å². The lowest BCUT2D eigenvalue weighted by atomic mass is 10.2. The van der Waals surface area contributed by atoms with E-state index in [1.165, 1.54) is 13.3 Å². The van der Waals surface area contributed by atoms with Gasteiger partial charge in [-0.05, 0) is 51.2 Å². The van der Waals surface area contributed by atoms with E-state index in [4.69, 9.17) is 25.9 Å². The third kappa shape index (κ3) is 14.0. The van der Waals surface area contributed by atoms with E-state index in [0.717, 1.165) is 47.4 Å². The van der Waals surface area contributed by atoms with Crippen LogP contribution in [0.15, 0.2) is 97.6 Å². The molecule has 3 aromatic rings. The zero-order valence-electron chi connectivity index (χ0n) is 23.0. The maximum absolute atomic E-state index is 8.81. The van der Waals surface area contributed by atoms with Crippen LogP contribution < -0.4 is 10.1 Å². The van der Waals surface area contributed by atoms with Crippen molar-refractivity contribution in [2.45, 2.75) is 20.5 Å². The van der Waals surface area contributed by atoms with Crippen LogP contribution in [-0.2, 0) is 16.1 Å². The molecule has 0 radical (unpaired) electrons. The summed E-state index contributed by atoms with van der Waals surface area (Å²) in [7, 11) is 2.03. The molecule has 0 saturated carbocycles. The number of rotatable bonds is 13. The first kappa shape index (κ1) is 33.2. The number of aromatic nitrogens is 3. The van der Waals surface area contributed by atoms with E-state index in [1.54, 1.807) is 18.3 Å².